The van der Waals surface area contributed by atoms with Gasteiger partial charge in [-0.05, 0) is 43.7 Å². The normalized spacial score (nSPS) is 10.5. The molecule has 25 heavy (non-hydrogen) atoms. The van der Waals surface area contributed by atoms with Gasteiger partial charge in [-0.15, -0.1) is 11.3 Å². The molecule has 3 aromatic rings. The fourth-order valence-corrected chi connectivity index (χ4v) is 3.17. The number of nitrogens with one attached hydrogen (secondary N) is 2. The third-order valence-electron chi connectivity index (χ3n) is 3.45. The number of aromatic nitrogens is 2. The Bertz CT molecular complexity index is 908. The largest absolute Gasteiger partial charge is 0.392 e. The molecule has 1 aromatic carbocycles. The highest BCUT2D eigenvalue weighted by Gasteiger charge is 2.18. The zero-order valence-electron chi connectivity index (χ0n) is 13.9. The summed E-state index contributed by atoms with van der Waals surface area (Å²) in [7, 11) is 0. The van der Waals surface area contributed by atoms with E-state index in [4.69, 9.17) is 0 Å². The van der Waals surface area contributed by atoms with Gasteiger partial charge >= 0.3 is 0 Å². The van der Waals surface area contributed by atoms with Crippen LogP contribution in [-0.4, -0.2) is 21.0 Å². The van der Waals surface area contributed by atoms with Crippen molar-refractivity contribution in [1.82, 2.24) is 9.97 Å². The van der Waals surface area contributed by atoms with Crippen molar-refractivity contribution in [2.75, 3.05) is 10.6 Å². The molecule has 2 aromatic heterocycles. The fraction of sp³-hybridized carbons (Fsp3) is 0.167. The molecule has 0 aliphatic heterocycles. The van der Waals surface area contributed by atoms with Crippen LogP contribution in [0.15, 0.2) is 42.5 Å². The number of carbonyl (C=O) groups is 1. The lowest BCUT2D eigenvalue weighted by molar-refractivity contribution is 0.102. The maximum Gasteiger partial charge on any atom is 0.278 e. The number of aryl methyl sites for hydroxylation is 2. The number of aliphatic hydroxyl groups is 1. The standard InChI is InChI=1S/C18H18N4O2S/c1-11-5-3-8-15(19-11)22-17(24)16-18(25-12(2)20-16)21-14-7-4-6-13(9-14)10-23/h3-9,21,23H,10H2,1-2H3,(H,19,22,24). The summed E-state index contributed by atoms with van der Waals surface area (Å²) in [6.45, 7) is 3.68. The average Bonchev–Trinajstić information content (AvgIpc) is 2.95. The Morgan fingerprint density at radius 3 is 2.72 bits per heavy atom. The molecule has 7 heteroatoms. The first-order chi connectivity index (χ1) is 12.0. The van der Waals surface area contributed by atoms with Crippen LogP contribution in [0, 0.1) is 13.8 Å². The third-order valence-corrected chi connectivity index (χ3v) is 4.33. The molecule has 0 fully saturated rings. The van der Waals surface area contributed by atoms with Gasteiger partial charge < -0.3 is 15.7 Å². The Morgan fingerprint density at radius 1 is 1.16 bits per heavy atom. The number of aliphatic hydroxyl groups excluding tert-OH is 1. The maximum atomic E-state index is 12.6. The molecule has 3 N–H and O–H groups in total. The second kappa shape index (κ2) is 7.42. The summed E-state index contributed by atoms with van der Waals surface area (Å²) in [6, 6.07) is 12.8. The number of thiazole rings is 1. The third kappa shape index (κ3) is 4.20. The van der Waals surface area contributed by atoms with E-state index in [2.05, 4.69) is 20.6 Å². The molecule has 128 valence electrons. The van der Waals surface area contributed by atoms with E-state index < -0.39 is 0 Å². The number of benzene rings is 1. The predicted octanol–water partition coefficient (Wildman–Crippen LogP) is 3.64. The number of hydrogen-bond acceptors (Lipinski definition) is 6. The minimum atomic E-state index is -0.316. The molecule has 0 saturated heterocycles. The van der Waals surface area contributed by atoms with Crippen molar-refractivity contribution in [2.45, 2.75) is 20.5 Å². The number of carbonyl (C=O) groups excluding carboxylic acids is 1. The summed E-state index contributed by atoms with van der Waals surface area (Å²) in [5.41, 5.74) is 2.73. The van der Waals surface area contributed by atoms with Gasteiger partial charge in [-0.1, -0.05) is 18.2 Å². The summed E-state index contributed by atoms with van der Waals surface area (Å²) in [4.78, 5) is 21.2. The number of pyridine rings is 1. The van der Waals surface area contributed by atoms with Gasteiger partial charge in [0.15, 0.2) is 5.69 Å². The lowest BCUT2D eigenvalue weighted by atomic mass is 10.2. The fourth-order valence-electron chi connectivity index (χ4n) is 2.33. The van der Waals surface area contributed by atoms with E-state index >= 15 is 0 Å². The van der Waals surface area contributed by atoms with Crippen molar-refractivity contribution in [3.05, 3.63) is 64.4 Å². The van der Waals surface area contributed by atoms with Crippen LogP contribution in [0.4, 0.5) is 16.5 Å². The summed E-state index contributed by atoms with van der Waals surface area (Å²) in [5, 5.41) is 16.7. The quantitative estimate of drug-likeness (QED) is 0.651. The van der Waals surface area contributed by atoms with E-state index in [-0.39, 0.29) is 12.5 Å². The summed E-state index contributed by atoms with van der Waals surface area (Å²) >= 11 is 1.40. The monoisotopic (exact) mass is 354 g/mol. The van der Waals surface area contributed by atoms with Crippen LogP contribution >= 0.6 is 11.3 Å². The highest BCUT2D eigenvalue weighted by Crippen LogP contribution is 2.28. The van der Waals surface area contributed by atoms with Crippen molar-refractivity contribution in [2.24, 2.45) is 0 Å². The number of nitrogens with zero attached hydrogens (tertiary/aromatic N) is 2. The first-order valence-electron chi connectivity index (χ1n) is 7.74. The van der Waals surface area contributed by atoms with Gasteiger partial charge in [0.25, 0.3) is 5.91 Å². The molecule has 2 heterocycles. The second-order valence-corrected chi connectivity index (χ2v) is 6.72. The van der Waals surface area contributed by atoms with Gasteiger partial charge in [0.2, 0.25) is 0 Å². The zero-order chi connectivity index (χ0) is 17.8. The first-order valence-corrected chi connectivity index (χ1v) is 8.56. The van der Waals surface area contributed by atoms with Gasteiger partial charge in [-0.25, -0.2) is 9.97 Å². The smallest absolute Gasteiger partial charge is 0.278 e. The molecule has 0 unspecified atom stereocenters. The minimum Gasteiger partial charge on any atom is -0.392 e. The molecule has 6 nitrogen and oxygen atoms in total. The Kier molecular flexibility index (Phi) is 5.06. The average molecular weight is 354 g/mol. The molecular formula is C18H18N4O2S. The molecule has 0 aliphatic carbocycles. The Hall–Kier alpha value is -2.77. The zero-order valence-corrected chi connectivity index (χ0v) is 14.7. The Labute approximate surface area is 149 Å². The van der Waals surface area contributed by atoms with Crippen LogP contribution in [0.2, 0.25) is 0 Å². The van der Waals surface area contributed by atoms with Crippen LogP contribution < -0.4 is 10.6 Å². The molecular weight excluding hydrogens is 336 g/mol. The van der Waals surface area contributed by atoms with Crippen molar-refractivity contribution < 1.29 is 9.90 Å². The van der Waals surface area contributed by atoms with E-state index in [9.17, 15) is 9.90 Å². The number of rotatable bonds is 5. The molecule has 0 aliphatic rings. The van der Waals surface area contributed by atoms with Gasteiger partial charge in [0, 0.05) is 11.4 Å². The molecule has 1 amide bonds. The Morgan fingerprint density at radius 2 is 1.96 bits per heavy atom. The van der Waals surface area contributed by atoms with Gasteiger partial charge in [-0.3, -0.25) is 4.79 Å². The van der Waals surface area contributed by atoms with Crippen molar-refractivity contribution >= 4 is 33.8 Å². The Balaban J connectivity index is 1.83. The van der Waals surface area contributed by atoms with E-state index in [1.54, 1.807) is 6.07 Å². The van der Waals surface area contributed by atoms with Crippen LogP contribution in [-0.2, 0) is 6.61 Å². The topological polar surface area (TPSA) is 87.1 Å². The van der Waals surface area contributed by atoms with Crippen LogP contribution in [0.5, 0.6) is 0 Å². The molecule has 0 atom stereocenters. The molecule has 3 rings (SSSR count). The van der Waals surface area contributed by atoms with Crippen molar-refractivity contribution in [3.63, 3.8) is 0 Å². The molecule has 0 saturated carbocycles. The van der Waals surface area contributed by atoms with E-state index in [0.29, 0.717) is 16.5 Å². The van der Waals surface area contributed by atoms with Crippen molar-refractivity contribution in [1.29, 1.82) is 0 Å². The minimum absolute atomic E-state index is 0.0381. The molecule has 0 radical (unpaired) electrons. The molecule has 0 bridgehead atoms. The van der Waals surface area contributed by atoms with Crippen LogP contribution in [0.25, 0.3) is 0 Å². The summed E-state index contributed by atoms with van der Waals surface area (Å²) in [6.07, 6.45) is 0. The van der Waals surface area contributed by atoms with Gasteiger partial charge in [0.05, 0.1) is 11.6 Å². The summed E-state index contributed by atoms with van der Waals surface area (Å²) < 4.78 is 0. The second-order valence-electron chi connectivity index (χ2n) is 5.51. The van der Waals surface area contributed by atoms with Crippen LogP contribution in [0.1, 0.15) is 26.8 Å². The van der Waals surface area contributed by atoms with Gasteiger partial charge in [0.1, 0.15) is 10.8 Å². The number of hydrogen-bond donors (Lipinski definition) is 3. The molecule has 0 spiro atoms. The summed E-state index contributed by atoms with van der Waals surface area (Å²) in [5.74, 6) is 0.173. The maximum absolute atomic E-state index is 12.6. The predicted molar refractivity (Wildman–Crippen MR) is 99.4 cm³/mol. The first kappa shape index (κ1) is 17.1. The van der Waals surface area contributed by atoms with E-state index in [1.807, 2.05) is 50.2 Å². The van der Waals surface area contributed by atoms with E-state index in [1.165, 1.54) is 11.3 Å². The SMILES string of the molecule is Cc1cccc(NC(=O)c2nc(C)sc2Nc2cccc(CO)c2)n1. The number of amides is 1. The van der Waals surface area contributed by atoms with Crippen molar-refractivity contribution in [3.8, 4) is 0 Å². The van der Waals surface area contributed by atoms with Crippen LogP contribution in [0.3, 0.4) is 0 Å². The van der Waals surface area contributed by atoms with Gasteiger partial charge in [-0.2, -0.15) is 0 Å². The number of anilines is 3. The van der Waals surface area contributed by atoms with E-state index in [0.717, 1.165) is 22.0 Å². The highest BCUT2D eigenvalue weighted by molar-refractivity contribution is 7.16. The highest BCUT2D eigenvalue weighted by atomic mass is 32.1. The lowest BCUT2D eigenvalue weighted by Crippen LogP contribution is -2.15. The lowest BCUT2D eigenvalue weighted by Gasteiger charge is -2.08.